The summed E-state index contributed by atoms with van der Waals surface area (Å²) in [5.41, 5.74) is 7.25. The van der Waals surface area contributed by atoms with Crippen LogP contribution in [0.5, 0.6) is 0 Å². The van der Waals surface area contributed by atoms with Crippen molar-refractivity contribution in [2.75, 3.05) is 0 Å². The van der Waals surface area contributed by atoms with Gasteiger partial charge < -0.3 is 5.43 Å². The Morgan fingerprint density at radius 1 is 1.00 bits per heavy atom. The Bertz CT molecular complexity index is 1090. The molecule has 1 saturated carbocycles. The molecule has 1 fully saturated rings. The van der Waals surface area contributed by atoms with Crippen LogP contribution >= 0.6 is 0 Å². The number of nitro groups is 2. The number of nitrogens with zero attached hydrogens (tertiary/aromatic N) is 3. The molecule has 0 unspecified atom stereocenters. The minimum Gasteiger partial charge on any atom is -0.302 e. The molecule has 2 aromatic rings. The number of hydrogen-bond acceptors (Lipinski definition) is 6. The van der Waals surface area contributed by atoms with Crippen LogP contribution in [0.15, 0.2) is 59.2 Å². The normalized spacial score (nSPS) is 25.5. The first kappa shape index (κ1) is 20.7. The average Bonchev–Trinajstić information content (AvgIpc) is 3.16. The molecule has 8 heteroatoms. The van der Waals surface area contributed by atoms with Crippen molar-refractivity contribution in [1.82, 2.24) is 5.43 Å². The average molecular weight is 420 g/mol. The maximum Gasteiger partial charge on any atom is 0.269 e. The number of hydrazone groups is 1. The van der Waals surface area contributed by atoms with Crippen LogP contribution in [-0.4, -0.2) is 15.6 Å². The Hall–Kier alpha value is -3.55. The molecule has 160 valence electrons. The van der Waals surface area contributed by atoms with Crippen LogP contribution in [0.2, 0.25) is 0 Å². The summed E-state index contributed by atoms with van der Waals surface area (Å²) < 4.78 is 0. The summed E-state index contributed by atoms with van der Waals surface area (Å²) in [6.07, 6.45) is 3.03. The first-order valence-electron chi connectivity index (χ1n) is 10.2. The minimum absolute atomic E-state index is 0.0536. The molecule has 0 bridgehead atoms. The molecule has 2 aliphatic rings. The highest BCUT2D eigenvalue weighted by Crippen LogP contribution is 2.50. The second kappa shape index (κ2) is 7.61. The van der Waals surface area contributed by atoms with E-state index in [2.05, 4.69) is 32.3 Å². The van der Waals surface area contributed by atoms with Crippen LogP contribution < -0.4 is 5.43 Å². The number of rotatable bonds is 4. The Morgan fingerprint density at radius 2 is 1.55 bits per heavy atom. The van der Waals surface area contributed by atoms with Crippen LogP contribution in [-0.2, 0) is 0 Å². The topological polar surface area (TPSA) is 111 Å². The van der Waals surface area contributed by atoms with Gasteiger partial charge in [0.05, 0.1) is 21.6 Å². The Kier molecular flexibility index (Phi) is 5.08. The molecule has 31 heavy (non-hydrogen) atoms. The highest BCUT2D eigenvalue weighted by Gasteiger charge is 2.47. The zero-order chi connectivity index (χ0) is 22.3. The molecule has 0 radical (unpaired) electrons. The monoisotopic (exact) mass is 420 g/mol. The molecule has 1 N–H and O–H groups in total. The second-order valence-corrected chi connectivity index (χ2v) is 8.95. The second-order valence-electron chi connectivity index (χ2n) is 8.95. The van der Waals surface area contributed by atoms with Crippen molar-refractivity contribution in [3.05, 3.63) is 85.5 Å². The maximum absolute atomic E-state index is 11.0. The van der Waals surface area contributed by atoms with E-state index in [4.69, 9.17) is 5.10 Å². The van der Waals surface area contributed by atoms with Crippen molar-refractivity contribution in [2.45, 2.75) is 33.2 Å². The number of fused-ring (bicyclic) bond motifs is 1. The molecule has 0 amide bonds. The van der Waals surface area contributed by atoms with E-state index >= 15 is 0 Å². The van der Waals surface area contributed by atoms with Gasteiger partial charge in [-0.05, 0) is 52.7 Å². The highest BCUT2D eigenvalue weighted by atomic mass is 16.6. The predicted octanol–water partition coefficient (Wildman–Crippen LogP) is 5.27. The van der Waals surface area contributed by atoms with Gasteiger partial charge >= 0.3 is 0 Å². The molecule has 1 heterocycles. The molecule has 2 aromatic carbocycles. The first-order chi connectivity index (χ1) is 14.7. The summed E-state index contributed by atoms with van der Waals surface area (Å²) in [6.45, 7) is 6.60. The fourth-order valence-corrected chi connectivity index (χ4v) is 4.89. The van der Waals surface area contributed by atoms with Crippen molar-refractivity contribution >= 4 is 23.2 Å². The van der Waals surface area contributed by atoms with Crippen molar-refractivity contribution in [2.24, 2.45) is 22.4 Å². The number of nitro benzene ring substituents is 2. The van der Waals surface area contributed by atoms with Gasteiger partial charge in [-0.3, -0.25) is 20.2 Å². The van der Waals surface area contributed by atoms with Gasteiger partial charge in [-0.15, -0.1) is 0 Å². The van der Waals surface area contributed by atoms with E-state index in [1.165, 1.54) is 24.3 Å². The first-order valence-corrected chi connectivity index (χ1v) is 10.2. The van der Waals surface area contributed by atoms with E-state index in [1.807, 2.05) is 0 Å². The third-order valence-corrected chi connectivity index (χ3v) is 6.33. The van der Waals surface area contributed by atoms with Crippen LogP contribution in [0.25, 0.3) is 6.08 Å². The van der Waals surface area contributed by atoms with E-state index in [0.717, 1.165) is 28.8 Å². The van der Waals surface area contributed by atoms with Crippen molar-refractivity contribution in [3.8, 4) is 0 Å². The van der Waals surface area contributed by atoms with E-state index in [1.54, 1.807) is 24.3 Å². The highest BCUT2D eigenvalue weighted by molar-refractivity contribution is 6.08. The third kappa shape index (κ3) is 3.81. The predicted molar refractivity (Wildman–Crippen MR) is 119 cm³/mol. The smallest absolute Gasteiger partial charge is 0.269 e. The largest absolute Gasteiger partial charge is 0.302 e. The lowest BCUT2D eigenvalue weighted by Gasteiger charge is -2.42. The summed E-state index contributed by atoms with van der Waals surface area (Å²) in [5.74, 6) is 0.497. The zero-order valence-corrected chi connectivity index (χ0v) is 17.6. The fraction of sp³-hybridized carbons (Fsp3) is 0.348. The molecular weight excluding hydrogens is 396 g/mol. The number of non-ortho nitro benzene ring substituents is 2. The van der Waals surface area contributed by atoms with Gasteiger partial charge in [0.25, 0.3) is 11.4 Å². The summed E-state index contributed by atoms with van der Waals surface area (Å²) >= 11 is 0. The summed E-state index contributed by atoms with van der Waals surface area (Å²) in [7, 11) is 0. The lowest BCUT2D eigenvalue weighted by molar-refractivity contribution is -0.385. The number of hydrogen-bond donors (Lipinski definition) is 1. The van der Waals surface area contributed by atoms with Crippen molar-refractivity contribution in [1.29, 1.82) is 0 Å². The summed E-state index contributed by atoms with van der Waals surface area (Å²) in [6, 6.07) is 13.1. The number of benzene rings is 2. The van der Waals surface area contributed by atoms with E-state index < -0.39 is 9.85 Å². The SMILES string of the molecule is C[C@@H]1CC(C)(C)/C(=C\c2ccc([N+](=O)[O-])cc2)C2=NN[C@H](c3ccc([N+](=O)[O-])cc3)[C@H]21. The van der Waals surface area contributed by atoms with Crippen LogP contribution in [0, 0.1) is 37.5 Å². The molecule has 1 aliphatic heterocycles. The van der Waals surface area contributed by atoms with Gasteiger partial charge in [-0.1, -0.05) is 32.9 Å². The summed E-state index contributed by atoms with van der Waals surface area (Å²) in [5, 5.41) is 26.6. The van der Waals surface area contributed by atoms with Crippen LogP contribution in [0.4, 0.5) is 11.4 Å². The van der Waals surface area contributed by atoms with E-state index in [-0.39, 0.29) is 28.7 Å². The molecule has 3 atom stereocenters. The summed E-state index contributed by atoms with van der Waals surface area (Å²) in [4.78, 5) is 21.1. The van der Waals surface area contributed by atoms with Gasteiger partial charge in [0.15, 0.2) is 0 Å². The van der Waals surface area contributed by atoms with Crippen LogP contribution in [0.3, 0.4) is 0 Å². The van der Waals surface area contributed by atoms with E-state index in [9.17, 15) is 20.2 Å². The van der Waals surface area contributed by atoms with Crippen LogP contribution in [0.1, 0.15) is 44.4 Å². The molecule has 0 aromatic heterocycles. The Morgan fingerprint density at radius 3 is 2.10 bits per heavy atom. The lowest BCUT2D eigenvalue weighted by atomic mass is 9.61. The van der Waals surface area contributed by atoms with Crippen molar-refractivity contribution in [3.63, 3.8) is 0 Å². The molecule has 8 nitrogen and oxygen atoms in total. The van der Waals surface area contributed by atoms with Gasteiger partial charge in [0, 0.05) is 30.2 Å². The molecule has 0 saturated heterocycles. The van der Waals surface area contributed by atoms with Gasteiger partial charge in [0.1, 0.15) is 0 Å². The number of nitrogens with one attached hydrogen (secondary N) is 1. The molecule has 4 rings (SSSR count). The Labute approximate surface area is 180 Å². The quantitative estimate of drug-likeness (QED) is 0.535. The molecular formula is C23H24N4O4. The van der Waals surface area contributed by atoms with Gasteiger partial charge in [-0.2, -0.15) is 5.10 Å². The minimum atomic E-state index is -0.404. The maximum atomic E-state index is 11.0. The standard InChI is InChI=1S/C23H24N4O4/c1-14-13-23(2,3)19(12-15-4-8-17(9-5-15)26(28)29)22-20(14)21(24-25-22)16-6-10-18(11-7-16)27(30)31/h4-12,14,20-21,24H,13H2,1-3H3/b19-12-/t14-,20-,21-/m1/s1. The Balaban J connectivity index is 1.68. The number of allylic oxidation sites excluding steroid dienone is 1. The lowest BCUT2D eigenvalue weighted by Crippen LogP contribution is -2.39. The van der Waals surface area contributed by atoms with Gasteiger partial charge in [-0.25, -0.2) is 0 Å². The molecule has 0 spiro atoms. The van der Waals surface area contributed by atoms with E-state index in [0.29, 0.717) is 5.92 Å². The third-order valence-electron chi connectivity index (χ3n) is 6.33. The fourth-order valence-electron chi connectivity index (χ4n) is 4.89. The zero-order valence-electron chi connectivity index (χ0n) is 17.6. The van der Waals surface area contributed by atoms with Gasteiger partial charge in [0.2, 0.25) is 0 Å². The molecule has 1 aliphatic carbocycles. The van der Waals surface area contributed by atoms with Crippen molar-refractivity contribution < 1.29 is 9.85 Å².